The summed E-state index contributed by atoms with van der Waals surface area (Å²) in [6.45, 7) is -0.133. The Hall–Kier alpha value is -8.99. The Bertz CT molecular complexity index is 2950. The number of fused-ring (bicyclic) bond motifs is 2. The predicted molar refractivity (Wildman–Crippen MR) is 230 cm³/mol. The lowest BCUT2D eigenvalue weighted by atomic mass is 10.1. The number of nitriles is 3. The number of carboxylic acids is 2. The molecule has 0 aliphatic carbocycles. The van der Waals surface area contributed by atoms with Crippen LogP contribution in [0.1, 0.15) is 22.3 Å². The van der Waals surface area contributed by atoms with Crippen LogP contribution in [0.2, 0.25) is 0 Å². The van der Waals surface area contributed by atoms with Gasteiger partial charge in [-0.05, 0) is 66.2 Å². The zero-order chi connectivity index (χ0) is 43.3. The Kier molecular flexibility index (Phi) is 13.3. The van der Waals surface area contributed by atoms with E-state index in [1.54, 1.807) is 75.0 Å². The van der Waals surface area contributed by atoms with E-state index in [1.807, 2.05) is 103 Å². The average molecular weight is 806 g/mol. The van der Waals surface area contributed by atoms with Crippen LogP contribution in [0.4, 0.5) is 11.4 Å². The van der Waals surface area contributed by atoms with Gasteiger partial charge in [0.2, 0.25) is 0 Å². The van der Waals surface area contributed by atoms with Crippen LogP contribution in [0.3, 0.4) is 0 Å². The standard InChI is InChI=1S/C27H21N3O3.C21H14N4O3/c28-16-21(15-22-18-29(19-26(31)32)25-14-8-7-13-24(22)25)27(33)30(23-11-5-2-6-12-23)17-20-9-3-1-4-10-20;22-10-14-5-7-17(8-6-14)24-21(28)15(11-23)9-16-12-25(13-20(26)27)19-4-2-1-3-18(16)19/h1-15,18H,17,19H2,(H,31,32);1-9,12H,13H2,(H,24,28)(H,26,27). The third-order valence-electron chi connectivity index (χ3n) is 9.33. The second-order valence-corrected chi connectivity index (χ2v) is 13.4. The van der Waals surface area contributed by atoms with Crippen LogP contribution in [0.15, 0.2) is 157 Å². The van der Waals surface area contributed by atoms with E-state index in [-0.39, 0.29) is 24.2 Å². The smallest absolute Gasteiger partial charge is 0.323 e. The molecule has 0 atom stereocenters. The number of hydrogen-bond acceptors (Lipinski definition) is 7. The number of rotatable bonds is 12. The average Bonchev–Trinajstić information content (AvgIpc) is 3.80. The maximum absolute atomic E-state index is 13.5. The summed E-state index contributed by atoms with van der Waals surface area (Å²) >= 11 is 0. The molecule has 5 aromatic carbocycles. The van der Waals surface area contributed by atoms with Crippen molar-refractivity contribution >= 4 is 69.1 Å². The van der Waals surface area contributed by atoms with Crippen molar-refractivity contribution in [1.29, 1.82) is 15.8 Å². The second-order valence-electron chi connectivity index (χ2n) is 13.4. The Morgan fingerprint density at radius 3 is 1.57 bits per heavy atom. The maximum Gasteiger partial charge on any atom is 0.323 e. The molecule has 13 nitrogen and oxygen atoms in total. The van der Waals surface area contributed by atoms with E-state index in [0.29, 0.717) is 40.1 Å². The monoisotopic (exact) mass is 805 g/mol. The lowest BCUT2D eigenvalue weighted by Crippen LogP contribution is -2.31. The summed E-state index contributed by atoms with van der Waals surface area (Å²) in [5.41, 5.74) is 4.98. The van der Waals surface area contributed by atoms with Crippen LogP contribution in [0.25, 0.3) is 34.0 Å². The number of nitrogens with zero attached hydrogens (tertiary/aromatic N) is 6. The van der Waals surface area contributed by atoms with Crippen molar-refractivity contribution in [2.45, 2.75) is 19.6 Å². The Morgan fingerprint density at radius 2 is 1.08 bits per heavy atom. The first kappa shape index (κ1) is 41.6. The normalized spacial score (nSPS) is 11.0. The zero-order valence-corrected chi connectivity index (χ0v) is 32.3. The number of benzene rings is 5. The molecule has 3 N–H and O–H groups in total. The quantitative estimate of drug-likeness (QED) is 0.0807. The van der Waals surface area contributed by atoms with Gasteiger partial charge in [-0.2, -0.15) is 15.8 Å². The number of nitrogens with one attached hydrogen (secondary N) is 1. The van der Waals surface area contributed by atoms with Gasteiger partial charge in [0.05, 0.1) is 18.2 Å². The summed E-state index contributed by atoms with van der Waals surface area (Å²) in [6, 6.07) is 45.4. The number of anilines is 2. The minimum atomic E-state index is -0.990. The van der Waals surface area contributed by atoms with Gasteiger partial charge in [-0.25, -0.2) is 0 Å². The third-order valence-corrected chi connectivity index (χ3v) is 9.33. The van der Waals surface area contributed by atoms with E-state index >= 15 is 0 Å². The Labute approximate surface area is 349 Å². The SMILES string of the molecule is N#CC(=Cc1cn(CC(=O)O)c2ccccc12)C(=O)N(Cc1ccccc1)c1ccccc1.N#CC(=Cc1cn(CC(=O)O)c2ccccc12)C(=O)Nc1ccc(C#N)cc1. The molecule has 0 fully saturated rings. The molecule has 2 aromatic heterocycles. The number of carbonyl (C=O) groups excluding carboxylic acids is 2. The molecule has 0 spiro atoms. The fourth-order valence-corrected chi connectivity index (χ4v) is 6.56. The molecule has 2 heterocycles. The number of hydrogen-bond donors (Lipinski definition) is 3. The molecular formula is C48H35N7O6. The summed E-state index contributed by atoms with van der Waals surface area (Å²) in [7, 11) is 0. The summed E-state index contributed by atoms with van der Waals surface area (Å²) in [5, 5.41) is 50.6. The molecule has 2 amide bonds. The van der Waals surface area contributed by atoms with Gasteiger partial charge in [-0.15, -0.1) is 0 Å². The molecular weight excluding hydrogens is 771 g/mol. The number of aliphatic carboxylic acids is 2. The van der Waals surface area contributed by atoms with Gasteiger partial charge in [0.1, 0.15) is 36.4 Å². The summed E-state index contributed by atoms with van der Waals surface area (Å²) in [4.78, 5) is 49.9. The highest BCUT2D eigenvalue weighted by Crippen LogP contribution is 2.27. The van der Waals surface area contributed by atoms with Crippen LogP contribution in [-0.4, -0.2) is 43.1 Å². The van der Waals surface area contributed by atoms with E-state index in [9.17, 15) is 34.8 Å². The van der Waals surface area contributed by atoms with E-state index < -0.39 is 23.8 Å². The lowest BCUT2D eigenvalue weighted by molar-refractivity contribution is -0.138. The van der Waals surface area contributed by atoms with Gasteiger partial charge < -0.3 is 29.6 Å². The van der Waals surface area contributed by atoms with Gasteiger partial charge >= 0.3 is 11.9 Å². The van der Waals surface area contributed by atoms with Crippen LogP contribution >= 0.6 is 0 Å². The van der Waals surface area contributed by atoms with Crippen LogP contribution < -0.4 is 10.2 Å². The van der Waals surface area contributed by atoms with E-state index in [4.69, 9.17) is 10.4 Å². The molecule has 0 aliphatic rings. The maximum atomic E-state index is 13.5. The molecule has 0 bridgehead atoms. The number of carbonyl (C=O) groups is 4. The van der Waals surface area contributed by atoms with Crippen molar-refractivity contribution in [2.24, 2.45) is 0 Å². The van der Waals surface area contributed by atoms with Gasteiger partial charge in [0.25, 0.3) is 11.8 Å². The zero-order valence-electron chi connectivity index (χ0n) is 32.3. The fraction of sp³-hybridized carbons (Fsp3) is 0.0625. The second kappa shape index (κ2) is 19.4. The van der Waals surface area contributed by atoms with Crippen molar-refractivity contribution in [1.82, 2.24) is 9.13 Å². The number of aromatic nitrogens is 2. The summed E-state index contributed by atoms with van der Waals surface area (Å²) in [6.07, 6.45) is 6.22. The Morgan fingerprint density at radius 1 is 0.607 bits per heavy atom. The van der Waals surface area contributed by atoms with Crippen LogP contribution in [0.5, 0.6) is 0 Å². The molecule has 7 rings (SSSR count). The van der Waals surface area contributed by atoms with E-state index in [0.717, 1.165) is 21.9 Å². The van der Waals surface area contributed by atoms with E-state index in [2.05, 4.69) is 5.32 Å². The highest BCUT2D eigenvalue weighted by molar-refractivity contribution is 6.12. The van der Waals surface area contributed by atoms with Crippen LogP contribution in [0, 0.1) is 34.0 Å². The largest absolute Gasteiger partial charge is 0.480 e. The fourth-order valence-electron chi connectivity index (χ4n) is 6.56. The minimum Gasteiger partial charge on any atom is -0.480 e. The van der Waals surface area contributed by atoms with Crippen molar-refractivity contribution in [3.05, 3.63) is 179 Å². The van der Waals surface area contributed by atoms with Gasteiger partial charge in [0, 0.05) is 56.7 Å². The molecule has 298 valence electrons. The molecule has 7 aromatic rings. The first-order valence-electron chi connectivity index (χ1n) is 18.6. The predicted octanol–water partition coefficient (Wildman–Crippen LogP) is 8.01. The molecule has 61 heavy (non-hydrogen) atoms. The van der Waals surface area contributed by atoms with Crippen LogP contribution in [-0.2, 0) is 38.8 Å². The summed E-state index contributed by atoms with van der Waals surface area (Å²) < 4.78 is 3.15. The van der Waals surface area contributed by atoms with Crippen molar-refractivity contribution < 1.29 is 29.4 Å². The molecule has 0 saturated carbocycles. The topological polar surface area (TPSA) is 205 Å². The number of amides is 2. The number of carboxylic acid groups (broad SMARTS) is 2. The number of para-hydroxylation sites is 3. The highest BCUT2D eigenvalue weighted by atomic mass is 16.4. The third kappa shape index (κ3) is 10.3. The molecule has 0 radical (unpaired) electrons. The first-order chi connectivity index (χ1) is 29.6. The Balaban J connectivity index is 0.000000207. The molecule has 0 saturated heterocycles. The molecule has 0 aliphatic heterocycles. The van der Waals surface area contributed by atoms with Gasteiger partial charge in [0.15, 0.2) is 0 Å². The molecule has 13 heteroatoms. The van der Waals surface area contributed by atoms with Crippen molar-refractivity contribution in [3.63, 3.8) is 0 Å². The lowest BCUT2D eigenvalue weighted by Gasteiger charge is -2.22. The van der Waals surface area contributed by atoms with Crippen molar-refractivity contribution in [2.75, 3.05) is 10.2 Å². The summed E-state index contributed by atoms with van der Waals surface area (Å²) in [5.74, 6) is -2.98. The molecule has 0 unspecified atom stereocenters. The van der Waals surface area contributed by atoms with Gasteiger partial charge in [-0.3, -0.25) is 19.2 Å². The van der Waals surface area contributed by atoms with E-state index in [1.165, 1.54) is 12.2 Å². The highest BCUT2D eigenvalue weighted by Gasteiger charge is 2.22. The van der Waals surface area contributed by atoms with Crippen molar-refractivity contribution in [3.8, 4) is 18.2 Å². The first-order valence-corrected chi connectivity index (χ1v) is 18.6. The minimum absolute atomic E-state index is 0.0342. The van der Waals surface area contributed by atoms with Gasteiger partial charge in [-0.1, -0.05) is 84.9 Å².